The standard InChI is InChI=1S/C10H17N3O2/c1-8-10(11)5-12-13(8)7-15-9-3-2-4-14-6-9/h5,9H,2-4,6-7,11H2,1H3. The van der Waals surface area contributed by atoms with Crippen LogP contribution in [-0.2, 0) is 16.2 Å². The highest BCUT2D eigenvalue weighted by atomic mass is 16.5. The van der Waals surface area contributed by atoms with Gasteiger partial charge in [0.05, 0.1) is 30.3 Å². The Bertz CT molecular complexity index is 318. The first kappa shape index (κ1) is 10.4. The third-order valence-electron chi connectivity index (χ3n) is 2.69. The van der Waals surface area contributed by atoms with Crippen LogP contribution in [0.15, 0.2) is 6.20 Å². The Labute approximate surface area is 89.2 Å². The summed E-state index contributed by atoms with van der Waals surface area (Å²) >= 11 is 0. The van der Waals surface area contributed by atoms with E-state index in [-0.39, 0.29) is 6.10 Å². The number of aromatic nitrogens is 2. The Morgan fingerprint density at radius 2 is 2.60 bits per heavy atom. The summed E-state index contributed by atoms with van der Waals surface area (Å²) in [6.07, 6.45) is 3.99. The van der Waals surface area contributed by atoms with Crippen LogP contribution in [0.25, 0.3) is 0 Å². The fourth-order valence-corrected chi connectivity index (χ4v) is 1.61. The van der Waals surface area contributed by atoms with Crippen molar-refractivity contribution in [2.75, 3.05) is 18.9 Å². The molecule has 0 amide bonds. The molecule has 1 aromatic heterocycles. The highest BCUT2D eigenvalue weighted by Crippen LogP contribution is 2.12. The Morgan fingerprint density at radius 3 is 3.20 bits per heavy atom. The summed E-state index contributed by atoms with van der Waals surface area (Å²) in [5.41, 5.74) is 7.34. The van der Waals surface area contributed by atoms with Gasteiger partial charge in [-0.25, -0.2) is 4.68 Å². The lowest BCUT2D eigenvalue weighted by atomic mass is 10.2. The zero-order valence-electron chi connectivity index (χ0n) is 8.98. The molecule has 0 aliphatic carbocycles. The molecule has 0 aromatic carbocycles. The van der Waals surface area contributed by atoms with E-state index in [1.165, 1.54) is 0 Å². The molecule has 1 aliphatic heterocycles. The van der Waals surface area contributed by atoms with Gasteiger partial charge >= 0.3 is 0 Å². The Morgan fingerprint density at radius 1 is 1.73 bits per heavy atom. The molecule has 0 radical (unpaired) electrons. The number of nitrogens with zero attached hydrogens (tertiary/aromatic N) is 2. The summed E-state index contributed by atoms with van der Waals surface area (Å²) in [6.45, 7) is 3.93. The molecule has 15 heavy (non-hydrogen) atoms. The summed E-state index contributed by atoms with van der Waals surface area (Å²) in [4.78, 5) is 0. The lowest BCUT2D eigenvalue weighted by molar-refractivity contribution is -0.0764. The van der Waals surface area contributed by atoms with Crippen LogP contribution in [0.4, 0.5) is 5.69 Å². The average molecular weight is 211 g/mol. The lowest BCUT2D eigenvalue weighted by Crippen LogP contribution is -2.26. The van der Waals surface area contributed by atoms with Crippen molar-refractivity contribution in [3.05, 3.63) is 11.9 Å². The number of ether oxygens (including phenoxy) is 2. The molecular formula is C10H17N3O2. The van der Waals surface area contributed by atoms with Crippen LogP contribution in [-0.4, -0.2) is 29.1 Å². The average Bonchev–Trinajstić information content (AvgIpc) is 2.59. The lowest BCUT2D eigenvalue weighted by Gasteiger charge is -2.22. The number of hydrogen-bond acceptors (Lipinski definition) is 4. The molecule has 1 atom stereocenters. The molecule has 5 nitrogen and oxygen atoms in total. The fourth-order valence-electron chi connectivity index (χ4n) is 1.61. The molecule has 2 N–H and O–H groups in total. The van der Waals surface area contributed by atoms with Gasteiger partial charge < -0.3 is 15.2 Å². The van der Waals surface area contributed by atoms with Crippen molar-refractivity contribution in [1.82, 2.24) is 9.78 Å². The van der Waals surface area contributed by atoms with Crippen molar-refractivity contribution in [2.45, 2.75) is 32.6 Å². The zero-order valence-corrected chi connectivity index (χ0v) is 8.98. The largest absolute Gasteiger partial charge is 0.396 e. The molecular weight excluding hydrogens is 194 g/mol. The summed E-state index contributed by atoms with van der Waals surface area (Å²) in [6, 6.07) is 0. The monoisotopic (exact) mass is 211 g/mol. The van der Waals surface area contributed by atoms with E-state index in [9.17, 15) is 0 Å². The van der Waals surface area contributed by atoms with E-state index >= 15 is 0 Å². The number of nitrogen functional groups attached to an aromatic ring is 1. The first-order chi connectivity index (χ1) is 7.27. The maximum atomic E-state index is 5.69. The predicted octanol–water partition coefficient (Wildman–Crippen LogP) is 0.927. The molecule has 2 heterocycles. The second kappa shape index (κ2) is 4.63. The molecule has 1 aliphatic rings. The fraction of sp³-hybridized carbons (Fsp3) is 0.700. The minimum Gasteiger partial charge on any atom is -0.396 e. The molecule has 5 heteroatoms. The van der Waals surface area contributed by atoms with Gasteiger partial charge in [-0.05, 0) is 19.8 Å². The van der Waals surface area contributed by atoms with E-state index in [1.54, 1.807) is 10.9 Å². The van der Waals surface area contributed by atoms with Gasteiger partial charge in [-0.15, -0.1) is 0 Å². The van der Waals surface area contributed by atoms with Crippen LogP contribution in [0.2, 0.25) is 0 Å². The molecule has 84 valence electrons. The van der Waals surface area contributed by atoms with Crippen molar-refractivity contribution in [3.8, 4) is 0 Å². The first-order valence-corrected chi connectivity index (χ1v) is 5.24. The van der Waals surface area contributed by atoms with Crippen molar-refractivity contribution >= 4 is 5.69 Å². The highest BCUT2D eigenvalue weighted by molar-refractivity contribution is 5.39. The molecule has 0 spiro atoms. The maximum absolute atomic E-state index is 5.69. The van der Waals surface area contributed by atoms with Crippen LogP contribution in [0.3, 0.4) is 0 Å². The predicted molar refractivity (Wildman–Crippen MR) is 56.3 cm³/mol. The zero-order chi connectivity index (χ0) is 10.7. The number of anilines is 1. The minimum absolute atomic E-state index is 0.198. The summed E-state index contributed by atoms with van der Waals surface area (Å²) in [5, 5.41) is 4.13. The molecule has 2 rings (SSSR count). The van der Waals surface area contributed by atoms with Gasteiger partial charge in [0.15, 0.2) is 0 Å². The van der Waals surface area contributed by atoms with Crippen LogP contribution in [0.5, 0.6) is 0 Å². The molecule has 1 unspecified atom stereocenters. The maximum Gasteiger partial charge on any atom is 0.140 e. The summed E-state index contributed by atoms with van der Waals surface area (Å²) < 4.78 is 12.8. The number of nitrogens with two attached hydrogens (primary N) is 1. The molecule has 1 saturated heterocycles. The third-order valence-corrected chi connectivity index (χ3v) is 2.69. The van der Waals surface area contributed by atoms with Crippen LogP contribution < -0.4 is 5.73 Å². The van der Waals surface area contributed by atoms with Gasteiger partial charge in [-0.3, -0.25) is 0 Å². The van der Waals surface area contributed by atoms with E-state index < -0.39 is 0 Å². The SMILES string of the molecule is Cc1c(N)cnn1COC1CCCOC1. The quantitative estimate of drug-likeness (QED) is 0.807. The second-order valence-corrected chi connectivity index (χ2v) is 3.82. The van der Waals surface area contributed by atoms with Crippen LogP contribution in [0.1, 0.15) is 18.5 Å². The van der Waals surface area contributed by atoms with Crippen molar-refractivity contribution < 1.29 is 9.47 Å². The summed E-state index contributed by atoms with van der Waals surface area (Å²) in [5.74, 6) is 0. The van der Waals surface area contributed by atoms with Crippen molar-refractivity contribution in [3.63, 3.8) is 0 Å². The van der Waals surface area contributed by atoms with Crippen LogP contribution >= 0.6 is 0 Å². The van der Waals surface area contributed by atoms with Gasteiger partial charge in [0.1, 0.15) is 6.73 Å². The molecule has 0 saturated carbocycles. The van der Waals surface area contributed by atoms with Gasteiger partial charge in [-0.2, -0.15) is 5.10 Å². The van der Waals surface area contributed by atoms with E-state index in [0.717, 1.165) is 25.1 Å². The van der Waals surface area contributed by atoms with E-state index in [1.807, 2.05) is 6.92 Å². The van der Waals surface area contributed by atoms with Gasteiger partial charge in [0.2, 0.25) is 0 Å². The van der Waals surface area contributed by atoms with Gasteiger partial charge in [0, 0.05) is 6.61 Å². The summed E-state index contributed by atoms with van der Waals surface area (Å²) in [7, 11) is 0. The van der Waals surface area contributed by atoms with Gasteiger partial charge in [-0.1, -0.05) is 0 Å². The normalized spacial score (nSPS) is 21.8. The molecule has 1 aromatic rings. The van der Waals surface area contributed by atoms with Crippen molar-refractivity contribution in [2.24, 2.45) is 0 Å². The number of hydrogen-bond donors (Lipinski definition) is 1. The minimum atomic E-state index is 0.198. The Kier molecular flexibility index (Phi) is 3.23. The van der Waals surface area contributed by atoms with E-state index in [2.05, 4.69) is 5.10 Å². The second-order valence-electron chi connectivity index (χ2n) is 3.82. The number of rotatable bonds is 3. The van der Waals surface area contributed by atoms with Crippen LogP contribution in [0, 0.1) is 6.92 Å². The van der Waals surface area contributed by atoms with E-state index in [0.29, 0.717) is 19.0 Å². The molecule has 0 bridgehead atoms. The topological polar surface area (TPSA) is 62.3 Å². The molecule has 1 fully saturated rings. The Balaban J connectivity index is 1.84. The van der Waals surface area contributed by atoms with Crippen molar-refractivity contribution in [1.29, 1.82) is 0 Å². The van der Waals surface area contributed by atoms with Gasteiger partial charge in [0.25, 0.3) is 0 Å². The first-order valence-electron chi connectivity index (χ1n) is 5.24. The van der Waals surface area contributed by atoms with E-state index in [4.69, 9.17) is 15.2 Å². The highest BCUT2D eigenvalue weighted by Gasteiger charge is 2.14. The smallest absolute Gasteiger partial charge is 0.140 e. The Hall–Kier alpha value is -1.07. The third kappa shape index (κ3) is 2.49.